The highest BCUT2D eigenvalue weighted by Gasteiger charge is 2.44. The molecule has 2 heterocycles. The van der Waals surface area contributed by atoms with Gasteiger partial charge in [-0.2, -0.15) is 13.0 Å². The van der Waals surface area contributed by atoms with Gasteiger partial charge in [0, 0.05) is 53.2 Å². The SMILES string of the molecule is CC1=C(/C=C/C2=[N+](CCCC[SH](=O)=O)c3ccc(C)cc3C2(C)C)CC/C1=C\C=C1\N(CCCCS(=O)(=O)O)c2ccc(C)cc2C1(C)C. The van der Waals surface area contributed by atoms with Crippen molar-refractivity contribution in [1.82, 2.24) is 0 Å². The fourth-order valence-corrected chi connectivity index (χ4v) is 8.80. The molecule has 2 aliphatic heterocycles. The molecule has 1 aliphatic carbocycles. The number of rotatable bonds is 13. The molecule has 0 saturated carbocycles. The van der Waals surface area contributed by atoms with Crippen LogP contribution in [0.4, 0.5) is 11.4 Å². The number of aryl methyl sites for hydroxylation is 2. The molecule has 0 atom stereocenters. The summed E-state index contributed by atoms with van der Waals surface area (Å²) in [6.45, 7) is 17.0. The largest absolute Gasteiger partial charge is 0.344 e. The minimum absolute atomic E-state index is 0.177. The molecular weight excluding hydrogens is 653 g/mol. The molecule has 0 unspecified atom stereocenters. The van der Waals surface area contributed by atoms with E-state index in [0.717, 1.165) is 31.5 Å². The van der Waals surface area contributed by atoms with Gasteiger partial charge in [0.15, 0.2) is 5.71 Å². The average Bonchev–Trinajstić information content (AvgIpc) is 3.54. The number of nitrogens with zero attached hydrogens (tertiary/aromatic N) is 2. The Morgan fingerprint density at radius 2 is 1.55 bits per heavy atom. The van der Waals surface area contributed by atoms with Gasteiger partial charge in [0.1, 0.15) is 17.2 Å². The Balaban J connectivity index is 1.43. The molecule has 0 aromatic heterocycles. The van der Waals surface area contributed by atoms with Crippen molar-refractivity contribution in [2.24, 2.45) is 0 Å². The van der Waals surface area contributed by atoms with Crippen LogP contribution in [0.15, 0.2) is 83.1 Å². The minimum Gasteiger partial charge on any atom is -0.344 e. The maximum atomic E-state index is 11.3. The van der Waals surface area contributed by atoms with E-state index in [1.807, 2.05) is 0 Å². The molecule has 2 aromatic rings. The fraction of sp³-hybridized carbons (Fsp3) is 0.475. The third-order valence-electron chi connectivity index (χ3n) is 10.6. The maximum Gasteiger partial charge on any atom is 0.264 e. The lowest BCUT2D eigenvalue weighted by atomic mass is 9.80. The summed E-state index contributed by atoms with van der Waals surface area (Å²) in [5.41, 5.74) is 13.4. The van der Waals surface area contributed by atoms with E-state index >= 15 is 0 Å². The van der Waals surface area contributed by atoms with E-state index in [-0.39, 0.29) is 22.3 Å². The van der Waals surface area contributed by atoms with Crippen LogP contribution in [0.3, 0.4) is 0 Å². The molecule has 264 valence electrons. The zero-order valence-corrected chi connectivity index (χ0v) is 31.9. The number of allylic oxidation sites excluding steroid dienone is 8. The van der Waals surface area contributed by atoms with E-state index in [0.29, 0.717) is 25.8 Å². The van der Waals surface area contributed by atoms with Crippen LogP contribution in [0.25, 0.3) is 0 Å². The molecule has 2 aromatic carbocycles. The number of benzene rings is 2. The van der Waals surface area contributed by atoms with Crippen LogP contribution < -0.4 is 4.90 Å². The number of hydrogen-bond acceptors (Lipinski definition) is 5. The van der Waals surface area contributed by atoms with E-state index < -0.39 is 20.8 Å². The van der Waals surface area contributed by atoms with Gasteiger partial charge in [-0.15, -0.1) is 0 Å². The topological polar surface area (TPSA) is 94.8 Å². The van der Waals surface area contributed by atoms with Gasteiger partial charge in [-0.1, -0.05) is 55.3 Å². The molecule has 0 saturated heterocycles. The van der Waals surface area contributed by atoms with Crippen molar-refractivity contribution in [1.29, 1.82) is 0 Å². The van der Waals surface area contributed by atoms with Crippen molar-refractivity contribution in [3.63, 3.8) is 0 Å². The van der Waals surface area contributed by atoms with E-state index in [2.05, 4.69) is 119 Å². The number of anilines is 1. The molecule has 49 heavy (non-hydrogen) atoms. The van der Waals surface area contributed by atoms with Gasteiger partial charge in [-0.05, 0) is 107 Å². The Kier molecular flexibility index (Phi) is 11.0. The van der Waals surface area contributed by atoms with E-state index in [1.54, 1.807) is 0 Å². The first-order valence-corrected chi connectivity index (χ1v) is 20.5. The van der Waals surface area contributed by atoms with Crippen molar-refractivity contribution in [2.45, 2.75) is 97.8 Å². The molecule has 0 bridgehead atoms. The van der Waals surface area contributed by atoms with Gasteiger partial charge in [0.05, 0.1) is 11.2 Å². The highest BCUT2D eigenvalue weighted by molar-refractivity contribution is 7.85. The summed E-state index contributed by atoms with van der Waals surface area (Å²) in [6, 6.07) is 13.2. The monoisotopic (exact) mass is 705 g/mol. The van der Waals surface area contributed by atoms with Crippen LogP contribution in [-0.4, -0.2) is 56.3 Å². The second-order valence-corrected chi connectivity index (χ2v) is 17.6. The summed E-state index contributed by atoms with van der Waals surface area (Å²) in [5.74, 6) is 0.00265. The Morgan fingerprint density at radius 1 is 0.857 bits per heavy atom. The lowest BCUT2D eigenvalue weighted by molar-refractivity contribution is -0.438. The lowest BCUT2D eigenvalue weighted by Gasteiger charge is -2.27. The molecular formula is C40H53N2O5S2+. The van der Waals surface area contributed by atoms with Gasteiger partial charge in [-0.3, -0.25) is 4.55 Å². The van der Waals surface area contributed by atoms with E-state index in [9.17, 15) is 21.4 Å². The van der Waals surface area contributed by atoms with E-state index in [1.165, 1.54) is 56.1 Å². The van der Waals surface area contributed by atoms with Crippen LogP contribution in [0.2, 0.25) is 0 Å². The number of hydrogen-bond donors (Lipinski definition) is 2. The molecule has 0 radical (unpaired) electrons. The second kappa shape index (κ2) is 14.5. The maximum absolute atomic E-state index is 11.3. The molecule has 0 fully saturated rings. The fourth-order valence-electron chi connectivity index (χ4n) is 7.75. The van der Waals surface area contributed by atoms with Crippen molar-refractivity contribution >= 4 is 37.9 Å². The molecule has 5 rings (SSSR count). The summed E-state index contributed by atoms with van der Waals surface area (Å²) in [6.07, 6.45) is 13.6. The zero-order valence-electron chi connectivity index (χ0n) is 30.2. The summed E-state index contributed by atoms with van der Waals surface area (Å²) >= 11 is 0. The first-order chi connectivity index (χ1) is 23.0. The van der Waals surface area contributed by atoms with Crippen molar-refractivity contribution in [3.05, 3.63) is 105 Å². The Bertz CT molecular complexity index is 1970. The summed E-state index contributed by atoms with van der Waals surface area (Å²) in [7, 11) is -6.33. The van der Waals surface area contributed by atoms with Crippen LogP contribution in [0.5, 0.6) is 0 Å². The number of thiol groups is 1. The van der Waals surface area contributed by atoms with Gasteiger partial charge >= 0.3 is 0 Å². The van der Waals surface area contributed by atoms with Gasteiger partial charge in [0.25, 0.3) is 10.1 Å². The summed E-state index contributed by atoms with van der Waals surface area (Å²) in [5, 5.41) is 0. The summed E-state index contributed by atoms with van der Waals surface area (Å²) < 4.78 is 56.7. The number of fused-ring (bicyclic) bond motifs is 2. The normalized spacial score (nSPS) is 20.1. The first-order valence-electron chi connectivity index (χ1n) is 17.5. The molecule has 3 aliphatic rings. The molecule has 9 heteroatoms. The molecule has 1 N–H and O–H groups in total. The highest BCUT2D eigenvalue weighted by Crippen LogP contribution is 2.48. The summed E-state index contributed by atoms with van der Waals surface area (Å²) in [4.78, 5) is 2.33. The number of unbranched alkanes of at least 4 members (excludes halogenated alkanes) is 2. The minimum atomic E-state index is -3.98. The highest BCUT2D eigenvalue weighted by atomic mass is 32.2. The second-order valence-electron chi connectivity index (χ2n) is 15.0. The van der Waals surface area contributed by atoms with Crippen LogP contribution in [0.1, 0.15) is 95.4 Å². The smallest absolute Gasteiger partial charge is 0.264 e. The van der Waals surface area contributed by atoms with Gasteiger partial charge in [-0.25, -0.2) is 8.42 Å². The molecule has 0 spiro atoms. The van der Waals surface area contributed by atoms with Crippen molar-refractivity contribution in [2.75, 3.05) is 29.5 Å². The first kappa shape index (κ1) is 37.0. The Morgan fingerprint density at radius 3 is 2.24 bits per heavy atom. The van der Waals surface area contributed by atoms with Crippen molar-refractivity contribution in [3.8, 4) is 0 Å². The quantitative estimate of drug-likeness (QED) is 0.0950. The third-order valence-corrected chi connectivity index (χ3v) is 12.1. The third kappa shape index (κ3) is 8.05. The van der Waals surface area contributed by atoms with Gasteiger partial charge < -0.3 is 4.90 Å². The zero-order chi connectivity index (χ0) is 35.7. The Hall–Kier alpha value is -3.27. The van der Waals surface area contributed by atoms with E-state index in [4.69, 9.17) is 0 Å². The Labute approximate surface area is 295 Å². The molecule has 7 nitrogen and oxygen atoms in total. The predicted octanol–water partition coefficient (Wildman–Crippen LogP) is 8.01. The standard InChI is InChI=1S/C40H52N2O5S2/c1-28-12-18-35-33(26-28)39(4,5)37(41(35)22-8-10-24-48(43)44)20-16-31-14-15-32(30(31)3)17-21-38-40(6,7)34-27-29(2)13-19-36(34)42(38)23-9-11-25-49(45,46)47/h12-13,16-21,26-27,48H,8-11,14-15,22-25H2,1-7H3/p+1. The lowest BCUT2D eigenvalue weighted by Crippen LogP contribution is -2.28. The van der Waals surface area contributed by atoms with Crippen LogP contribution in [-0.2, 0) is 31.7 Å². The average molecular weight is 706 g/mol. The van der Waals surface area contributed by atoms with Gasteiger partial charge in [0.2, 0.25) is 5.69 Å². The van der Waals surface area contributed by atoms with Crippen LogP contribution >= 0.6 is 0 Å². The molecule has 0 amide bonds. The van der Waals surface area contributed by atoms with Crippen LogP contribution in [0, 0.1) is 13.8 Å². The predicted molar refractivity (Wildman–Crippen MR) is 203 cm³/mol. The van der Waals surface area contributed by atoms with Crippen molar-refractivity contribution < 1.29 is 26.0 Å².